The van der Waals surface area contributed by atoms with Crippen molar-refractivity contribution in [1.82, 2.24) is 5.32 Å². The molecular weight excluding hydrogens is 279 g/mol. The van der Waals surface area contributed by atoms with E-state index in [0.29, 0.717) is 10.6 Å². The number of amides is 2. The summed E-state index contributed by atoms with van der Waals surface area (Å²) in [6.07, 6.45) is 0. The molecule has 2 rings (SSSR count). The molecule has 0 radical (unpaired) electrons. The molecule has 0 aliphatic heterocycles. The molecule has 0 unspecified atom stereocenters. The molecule has 0 fully saturated rings. The first-order valence-electron chi connectivity index (χ1n) is 5.94. The van der Waals surface area contributed by atoms with Crippen LogP contribution in [0.25, 0.3) is 0 Å². The SMILES string of the molecule is Cc1ccc(F)cc1NC(=O)CNC(=O)c1cccs1. The zero-order valence-electron chi connectivity index (χ0n) is 10.8. The summed E-state index contributed by atoms with van der Waals surface area (Å²) in [6, 6.07) is 7.58. The normalized spacial score (nSPS) is 10.1. The van der Waals surface area contributed by atoms with Crippen molar-refractivity contribution >= 4 is 28.8 Å². The maximum atomic E-state index is 13.1. The average Bonchev–Trinajstić information content (AvgIpc) is 2.94. The highest BCUT2D eigenvalue weighted by molar-refractivity contribution is 7.12. The average molecular weight is 292 g/mol. The predicted molar refractivity (Wildman–Crippen MR) is 76.4 cm³/mol. The fraction of sp³-hybridized carbons (Fsp3) is 0.143. The Bertz CT molecular complexity index is 626. The van der Waals surface area contributed by atoms with Gasteiger partial charge >= 0.3 is 0 Å². The number of halogens is 1. The van der Waals surface area contributed by atoms with Crippen LogP contribution in [0.3, 0.4) is 0 Å². The summed E-state index contributed by atoms with van der Waals surface area (Å²) < 4.78 is 13.1. The summed E-state index contributed by atoms with van der Waals surface area (Å²) in [4.78, 5) is 23.9. The number of benzene rings is 1. The Kier molecular flexibility index (Phi) is 4.47. The van der Waals surface area contributed by atoms with Crippen molar-refractivity contribution in [2.45, 2.75) is 6.92 Å². The van der Waals surface area contributed by atoms with E-state index in [2.05, 4.69) is 10.6 Å². The van der Waals surface area contributed by atoms with Crippen LogP contribution >= 0.6 is 11.3 Å². The number of carbonyl (C=O) groups is 2. The second-order valence-corrected chi connectivity index (χ2v) is 5.12. The van der Waals surface area contributed by atoms with E-state index in [9.17, 15) is 14.0 Å². The Morgan fingerprint density at radius 2 is 2.10 bits per heavy atom. The lowest BCUT2D eigenvalue weighted by Gasteiger charge is -2.09. The summed E-state index contributed by atoms with van der Waals surface area (Å²) in [7, 11) is 0. The number of thiophene rings is 1. The van der Waals surface area contributed by atoms with Gasteiger partial charge in [-0.15, -0.1) is 11.3 Å². The molecular formula is C14H13FN2O2S. The highest BCUT2D eigenvalue weighted by Gasteiger charge is 2.10. The van der Waals surface area contributed by atoms with Gasteiger partial charge in [0.1, 0.15) is 5.82 Å². The molecule has 0 bridgehead atoms. The Hall–Kier alpha value is -2.21. The van der Waals surface area contributed by atoms with Crippen LogP contribution in [0, 0.1) is 12.7 Å². The minimum atomic E-state index is -0.423. The van der Waals surface area contributed by atoms with Crippen LogP contribution in [0.4, 0.5) is 10.1 Å². The van der Waals surface area contributed by atoms with E-state index in [1.165, 1.54) is 23.5 Å². The highest BCUT2D eigenvalue weighted by Crippen LogP contribution is 2.15. The quantitative estimate of drug-likeness (QED) is 0.910. The minimum absolute atomic E-state index is 0.160. The zero-order chi connectivity index (χ0) is 14.5. The van der Waals surface area contributed by atoms with Crippen LogP contribution in [-0.2, 0) is 4.79 Å². The molecule has 4 nitrogen and oxygen atoms in total. The molecule has 2 amide bonds. The molecule has 0 saturated carbocycles. The Balaban J connectivity index is 1.90. The van der Waals surface area contributed by atoms with Crippen molar-refractivity contribution in [3.63, 3.8) is 0 Å². The summed E-state index contributed by atoms with van der Waals surface area (Å²) in [6.45, 7) is 1.60. The number of nitrogens with one attached hydrogen (secondary N) is 2. The third-order valence-electron chi connectivity index (χ3n) is 2.63. The number of hydrogen-bond donors (Lipinski definition) is 2. The Labute approximate surface area is 119 Å². The molecule has 6 heteroatoms. The maximum Gasteiger partial charge on any atom is 0.261 e. The molecule has 20 heavy (non-hydrogen) atoms. The van der Waals surface area contributed by atoms with Crippen molar-refractivity contribution < 1.29 is 14.0 Å². The number of carbonyl (C=O) groups excluding carboxylic acids is 2. The molecule has 0 saturated heterocycles. The molecule has 0 aliphatic rings. The lowest BCUT2D eigenvalue weighted by atomic mass is 10.2. The lowest BCUT2D eigenvalue weighted by Crippen LogP contribution is -2.32. The van der Waals surface area contributed by atoms with Gasteiger partial charge in [-0.2, -0.15) is 0 Å². The molecule has 0 spiro atoms. The monoisotopic (exact) mass is 292 g/mol. The summed E-state index contributed by atoms with van der Waals surface area (Å²) in [5.41, 5.74) is 1.16. The third-order valence-corrected chi connectivity index (χ3v) is 3.50. The van der Waals surface area contributed by atoms with E-state index in [4.69, 9.17) is 0 Å². The van der Waals surface area contributed by atoms with Crippen molar-refractivity contribution in [1.29, 1.82) is 0 Å². The number of aryl methyl sites for hydroxylation is 1. The van der Waals surface area contributed by atoms with E-state index < -0.39 is 11.7 Å². The van der Waals surface area contributed by atoms with E-state index in [1.54, 1.807) is 30.5 Å². The lowest BCUT2D eigenvalue weighted by molar-refractivity contribution is -0.115. The molecule has 1 aromatic carbocycles. The molecule has 2 aromatic rings. The number of anilines is 1. The predicted octanol–water partition coefficient (Wildman–Crippen LogP) is 2.56. The van der Waals surface area contributed by atoms with Gasteiger partial charge in [-0.25, -0.2) is 4.39 Å². The molecule has 0 aliphatic carbocycles. The van der Waals surface area contributed by atoms with Gasteiger partial charge in [-0.3, -0.25) is 9.59 Å². The van der Waals surface area contributed by atoms with Gasteiger partial charge in [0.05, 0.1) is 11.4 Å². The third kappa shape index (κ3) is 3.64. The largest absolute Gasteiger partial charge is 0.342 e. The van der Waals surface area contributed by atoms with E-state index in [1.807, 2.05) is 0 Å². The molecule has 0 atom stereocenters. The van der Waals surface area contributed by atoms with Crippen LogP contribution in [0.1, 0.15) is 15.2 Å². The topological polar surface area (TPSA) is 58.2 Å². The fourth-order valence-electron chi connectivity index (χ4n) is 1.58. The molecule has 2 N–H and O–H groups in total. The maximum absolute atomic E-state index is 13.1. The van der Waals surface area contributed by atoms with Crippen molar-refractivity contribution in [2.75, 3.05) is 11.9 Å². The first-order chi connectivity index (χ1) is 9.56. The number of rotatable bonds is 4. The molecule has 1 heterocycles. The Morgan fingerprint density at radius 1 is 1.30 bits per heavy atom. The highest BCUT2D eigenvalue weighted by atomic mass is 32.1. The van der Waals surface area contributed by atoms with Gasteiger partial charge in [0.2, 0.25) is 5.91 Å². The van der Waals surface area contributed by atoms with Gasteiger partial charge in [-0.1, -0.05) is 12.1 Å². The summed E-state index contributed by atoms with van der Waals surface area (Å²) in [5, 5.41) is 6.85. The van der Waals surface area contributed by atoms with E-state index >= 15 is 0 Å². The van der Waals surface area contributed by atoms with Gasteiger partial charge < -0.3 is 10.6 Å². The standard InChI is InChI=1S/C14H13FN2O2S/c1-9-4-5-10(15)7-11(9)17-13(18)8-16-14(19)12-3-2-6-20-12/h2-7H,8H2,1H3,(H,16,19)(H,17,18). The second kappa shape index (κ2) is 6.29. The van der Waals surface area contributed by atoms with Crippen molar-refractivity contribution in [3.05, 3.63) is 52.0 Å². The Morgan fingerprint density at radius 3 is 2.80 bits per heavy atom. The molecule has 104 valence electrons. The summed E-state index contributed by atoms with van der Waals surface area (Å²) in [5.74, 6) is -1.12. The van der Waals surface area contributed by atoms with Crippen LogP contribution in [0.15, 0.2) is 35.7 Å². The van der Waals surface area contributed by atoms with Crippen molar-refractivity contribution in [3.8, 4) is 0 Å². The van der Waals surface area contributed by atoms with E-state index in [-0.39, 0.29) is 12.5 Å². The van der Waals surface area contributed by atoms with Crippen LogP contribution in [-0.4, -0.2) is 18.4 Å². The van der Waals surface area contributed by atoms with Gasteiger partial charge in [0.25, 0.3) is 5.91 Å². The second-order valence-electron chi connectivity index (χ2n) is 4.17. The van der Waals surface area contributed by atoms with Gasteiger partial charge in [-0.05, 0) is 36.1 Å². The van der Waals surface area contributed by atoms with E-state index in [0.717, 1.165) is 5.56 Å². The first kappa shape index (κ1) is 14.2. The smallest absolute Gasteiger partial charge is 0.261 e. The van der Waals surface area contributed by atoms with Crippen molar-refractivity contribution in [2.24, 2.45) is 0 Å². The molecule has 1 aromatic heterocycles. The summed E-state index contributed by atoms with van der Waals surface area (Å²) >= 11 is 1.30. The van der Waals surface area contributed by atoms with Gasteiger partial charge in [0, 0.05) is 5.69 Å². The van der Waals surface area contributed by atoms with Crippen LogP contribution in [0.2, 0.25) is 0 Å². The minimum Gasteiger partial charge on any atom is -0.342 e. The fourth-order valence-corrected chi connectivity index (χ4v) is 2.22. The number of hydrogen-bond acceptors (Lipinski definition) is 3. The zero-order valence-corrected chi connectivity index (χ0v) is 11.6. The van der Waals surface area contributed by atoms with Crippen LogP contribution in [0.5, 0.6) is 0 Å². The first-order valence-corrected chi connectivity index (χ1v) is 6.82. The van der Waals surface area contributed by atoms with Crippen LogP contribution < -0.4 is 10.6 Å². The van der Waals surface area contributed by atoms with Gasteiger partial charge in [0.15, 0.2) is 0 Å².